The second-order valence-corrected chi connectivity index (χ2v) is 4.54. The highest BCUT2D eigenvalue weighted by atomic mass is 35.5. The fourth-order valence-corrected chi connectivity index (χ4v) is 1.96. The van der Waals surface area contributed by atoms with E-state index in [1.165, 1.54) is 6.33 Å². The van der Waals surface area contributed by atoms with E-state index in [1.807, 2.05) is 18.2 Å². The number of nitrogens with zero attached hydrogens (tertiary/aromatic N) is 2. The number of hydrogen-bond acceptors (Lipinski definition) is 3. The number of rotatable bonds is 3. The summed E-state index contributed by atoms with van der Waals surface area (Å²) in [5, 5.41) is 13.3. The van der Waals surface area contributed by atoms with Crippen molar-refractivity contribution in [1.82, 2.24) is 14.8 Å². The highest BCUT2D eigenvalue weighted by Gasteiger charge is 2.10. The maximum Gasteiger partial charge on any atom is 0.220 e. The molecule has 0 fully saturated rings. The van der Waals surface area contributed by atoms with Gasteiger partial charge in [-0.15, -0.1) is 0 Å². The van der Waals surface area contributed by atoms with Gasteiger partial charge in [0.2, 0.25) is 4.77 Å². The van der Waals surface area contributed by atoms with E-state index in [1.54, 1.807) is 23.7 Å². The van der Waals surface area contributed by atoms with E-state index in [2.05, 4.69) is 10.1 Å². The second-order valence-electron chi connectivity index (χ2n) is 3.77. The van der Waals surface area contributed by atoms with Crippen LogP contribution in [0.3, 0.4) is 0 Å². The Morgan fingerprint density at radius 3 is 2.83 bits per heavy atom. The Labute approximate surface area is 115 Å². The van der Waals surface area contributed by atoms with Crippen LogP contribution in [-0.4, -0.2) is 26.0 Å². The molecule has 1 aromatic heterocycles. The zero-order valence-electron chi connectivity index (χ0n) is 9.67. The van der Waals surface area contributed by atoms with Gasteiger partial charge in [-0.1, -0.05) is 29.8 Å². The van der Waals surface area contributed by atoms with Gasteiger partial charge in [-0.05, 0) is 36.8 Å². The lowest BCUT2D eigenvalue weighted by atomic mass is 10.1. The lowest BCUT2D eigenvalue weighted by Gasteiger charge is -2.11. The van der Waals surface area contributed by atoms with Gasteiger partial charge in [-0.3, -0.25) is 5.10 Å². The maximum atomic E-state index is 9.83. The average Bonchev–Trinajstić information content (AvgIpc) is 2.74. The Kier molecular flexibility index (Phi) is 3.96. The van der Waals surface area contributed by atoms with Crippen LogP contribution in [0.2, 0.25) is 5.02 Å². The predicted molar refractivity (Wildman–Crippen MR) is 74.7 cm³/mol. The van der Waals surface area contributed by atoms with E-state index in [9.17, 15) is 5.11 Å². The molecule has 1 atom stereocenters. The lowest BCUT2D eigenvalue weighted by molar-refractivity contribution is 0.246. The first-order valence-electron chi connectivity index (χ1n) is 5.36. The van der Waals surface area contributed by atoms with Crippen LogP contribution >= 0.6 is 23.8 Å². The van der Waals surface area contributed by atoms with Crippen molar-refractivity contribution in [2.75, 3.05) is 0 Å². The summed E-state index contributed by atoms with van der Waals surface area (Å²) < 4.78 is 1.90. The van der Waals surface area contributed by atoms with E-state index < -0.39 is 6.10 Å². The molecule has 2 N–H and O–H groups in total. The van der Waals surface area contributed by atoms with Crippen LogP contribution in [-0.2, 0) is 0 Å². The molecular formula is C12H12ClN3OS. The zero-order chi connectivity index (χ0) is 13.1. The fraction of sp³-hybridized carbons (Fsp3) is 0.167. The van der Waals surface area contributed by atoms with Crippen molar-refractivity contribution in [3.8, 4) is 0 Å². The Hall–Kier alpha value is -1.43. The summed E-state index contributed by atoms with van der Waals surface area (Å²) in [6, 6.07) is 7.39. The number of hydrogen-bond donors (Lipinski definition) is 2. The SMILES string of the molecule is CC(O)/C(=C\c1ccccc1Cl)n1[nH]cnc1=S. The summed E-state index contributed by atoms with van der Waals surface area (Å²) in [6.45, 7) is 1.66. The number of H-pyrrole nitrogens is 1. The first kappa shape index (κ1) is 13.0. The minimum Gasteiger partial charge on any atom is -0.387 e. The molecule has 2 rings (SSSR count). The fourth-order valence-electron chi connectivity index (χ4n) is 1.56. The van der Waals surface area contributed by atoms with Crippen LogP contribution in [0.4, 0.5) is 0 Å². The summed E-state index contributed by atoms with van der Waals surface area (Å²) in [7, 11) is 0. The van der Waals surface area contributed by atoms with E-state index in [0.717, 1.165) is 5.56 Å². The summed E-state index contributed by atoms with van der Waals surface area (Å²) in [5.74, 6) is 0. The third-order valence-corrected chi connectivity index (χ3v) is 3.08. The zero-order valence-corrected chi connectivity index (χ0v) is 11.2. The smallest absolute Gasteiger partial charge is 0.220 e. The van der Waals surface area contributed by atoms with Crippen LogP contribution < -0.4 is 0 Å². The van der Waals surface area contributed by atoms with E-state index in [4.69, 9.17) is 23.8 Å². The molecule has 0 amide bonds. The number of nitrogens with one attached hydrogen (secondary N) is 1. The molecule has 1 aromatic carbocycles. The molecule has 94 valence electrons. The minimum absolute atomic E-state index is 0.356. The average molecular weight is 282 g/mol. The van der Waals surface area contributed by atoms with Crippen LogP contribution in [0.15, 0.2) is 30.6 Å². The third kappa shape index (κ3) is 2.69. The molecule has 0 spiro atoms. The molecule has 4 nitrogen and oxygen atoms in total. The van der Waals surface area contributed by atoms with Gasteiger partial charge in [0.25, 0.3) is 0 Å². The molecule has 0 saturated carbocycles. The van der Waals surface area contributed by atoms with E-state index in [-0.39, 0.29) is 0 Å². The first-order chi connectivity index (χ1) is 8.59. The van der Waals surface area contributed by atoms with E-state index in [0.29, 0.717) is 15.5 Å². The number of benzene rings is 1. The molecule has 2 aromatic rings. The standard InChI is InChI=1S/C12H12ClN3OS/c1-8(17)11(16-12(18)14-7-15-16)6-9-4-2-3-5-10(9)13/h2-8,17H,1H3,(H,14,15,18)/b11-6+. The summed E-state index contributed by atoms with van der Waals surface area (Å²) in [6.07, 6.45) is 2.56. The summed E-state index contributed by atoms with van der Waals surface area (Å²) >= 11 is 11.2. The number of halogens is 1. The third-order valence-electron chi connectivity index (χ3n) is 2.45. The summed E-state index contributed by atoms with van der Waals surface area (Å²) in [5.41, 5.74) is 1.40. The number of aliphatic hydroxyl groups is 1. The van der Waals surface area contributed by atoms with Gasteiger partial charge in [-0.25, -0.2) is 9.67 Å². The van der Waals surface area contributed by atoms with Gasteiger partial charge in [0.1, 0.15) is 6.33 Å². The molecule has 0 aliphatic heterocycles. The normalized spacial score (nSPS) is 13.6. The van der Waals surface area contributed by atoms with Crippen molar-refractivity contribution >= 4 is 35.6 Å². The van der Waals surface area contributed by atoms with Crippen molar-refractivity contribution in [3.05, 3.63) is 45.9 Å². The first-order valence-corrected chi connectivity index (χ1v) is 6.15. The predicted octanol–water partition coefficient (Wildman–Crippen LogP) is 2.97. The molecule has 0 saturated heterocycles. The van der Waals surface area contributed by atoms with Gasteiger partial charge in [0.15, 0.2) is 0 Å². The molecular weight excluding hydrogens is 270 g/mol. The van der Waals surface area contributed by atoms with Crippen molar-refractivity contribution in [2.45, 2.75) is 13.0 Å². The van der Waals surface area contributed by atoms with Crippen molar-refractivity contribution < 1.29 is 5.11 Å². The van der Waals surface area contributed by atoms with Gasteiger partial charge >= 0.3 is 0 Å². The van der Waals surface area contributed by atoms with Crippen LogP contribution in [0.25, 0.3) is 11.8 Å². The Bertz CT molecular complexity index is 630. The minimum atomic E-state index is -0.701. The number of aliphatic hydroxyl groups excluding tert-OH is 1. The molecule has 0 aliphatic carbocycles. The molecule has 6 heteroatoms. The lowest BCUT2D eigenvalue weighted by Crippen LogP contribution is -2.12. The quantitative estimate of drug-likeness (QED) is 0.851. The number of aromatic nitrogens is 3. The molecule has 1 heterocycles. The van der Waals surface area contributed by atoms with Crippen LogP contribution in [0.5, 0.6) is 0 Å². The van der Waals surface area contributed by atoms with Crippen molar-refractivity contribution in [3.63, 3.8) is 0 Å². The largest absolute Gasteiger partial charge is 0.387 e. The highest BCUT2D eigenvalue weighted by Crippen LogP contribution is 2.21. The van der Waals surface area contributed by atoms with Crippen LogP contribution in [0, 0.1) is 4.77 Å². The molecule has 0 radical (unpaired) electrons. The molecule has 18 heavy (non-hydrogen) atoms. The van der Waals surface area contributed by atoms with Crippen molar-refractivity contribution in [1.29, 1.82) is 0 Å². The van der Waals surface area contributed by atoms with Gasteiger partial charge in [0.05, 0.1) is 11.8 Å². The van der Waals surface area contributed by atoms with E-state index >= 15 is 0 Å². The maximum absolute atomic E-state index is 9.83. The Balaban J connectivity index is 2.53. The number of aromatic amines is 1. The van der Waals surface area contributed by atoms with Gasteiger partial charge < -0.3 is 5.11 Å². The molecule has 0 aliphatic rings. The van der Waals surface area contributed by atoms with Gasteiger partial charge in [0, 0.05) is 5.02 Å². The van der Waals surface area contributed by atoms with Gasteiger partial charge in [-0.2, -0.15) is 0 Å². The Morgan fingerprint density at radius 1 is 1.56 bits per heavy atom. The van der Waals surface area contributed by atoms with Crippen LogP contribution in [0.1, 0.15) is 12.5 Å². The van der Waals surface area contributed by atoms with Crippen molar-refractivity contribution in [2.24, 2.45) is 0 Å². The summed E-state index contributed by atoms with van der Waals surface area (Å²) in [4.78, 5) is 3.92. The topological polar surface area (TPSA) is 53.8 Å². The second kappa shape index (κ2) is 5.48. The highest BCUT2D eigenvalue weighted by molar-refractivity contribution is 7.71. The molecule has 0 bridgehead atoms. The monoisotopic (exact) mass is 281 g/mol. The molecule has 1 unspecified atom stereocenters. The Morgan fingerprint density at radius 2 is 2.28 bits per heavy atom.